The van der Waals surface area contributed by atoms with Gasteiger partial charge in [-0.15, -0.1) is 0 Å². The first-order valence-electron chi connectivity index (χ1n) is 7.03. The van der Waals surface area contributed by atoms with E-state index in [1.807, 2.05) is 11.6 Å². The van der Waals surface area contributed by atoms with Gasteiger partial charge in [-0.3, -0.25) is 9.48 Å². The number of aromatic nitrogens is 2. The molecule has 0 bridgehead atoms. The van der Waals surface area contributed by atoms with E-state index < -0.39 is 0 Å². The average molecular weight is 330 g/mol. The van der Waals surface area contributed by atoms with Crippen molar-refractivity contribution in [3.8, 4) is 0 Å². The zero-order chi connectivity index (χ0) is 14.4. The van der Waals surface area contributed by atoms with Crippen molar-refractivity contribution < 1.29 is 4.79 Å². The largest absolute Gasteiger partial charge is 0.330 e. The van der Waals surface area contributed by atoms with Crippen molar-refractivity contribution in [1.29, 1.82) is 0 Å². The van der Waals surface area contributed by atoms with Crippen molar-refractivity contribution >= 4 is 21.7 Å². The second kappa shape index (κ2) is 7.80. The number of rotatable bonds is 8. The Morgan fingerprint density at radius 1 is 1.42 bits per heavy atom. The summed E-state index contributed by atoms with van der Waals surface area (Å²) in [6, 6.07) is 0. The lowest BCUT2D eigenvalue weighted by atomic mass is 9.98. The maximum Gasteiger partial charge on any atom is 0.139 e. The maximum atomic E-state index is 12.1. The fraction of sp³-hybridized carbons (Fsp3) is 0.714. The Bertz CT molecular complexity index is 425. The molecule has 1 unspecified atom stereocenters. The van der Waals surface area contributed by atoms with Crippen molar-refractivity contribution in [2.75, 3.05) is 6.54 Å². The van der Waals surface area contributed by atoms with E-state index in [1.165, 1.54) is 0 Å². The average Bonchev–Trinajstić information content (AvgIpc) is 2.72. The fourth-order valence-electron chi connectivity index (χ4n) is 2.16. The molecule has 1 atom stereocenters. The molecule has 1 aromatic rings. The zero-order valence-corrected chi connectivity index (χ0v) is 13.7. The predicted octanol–water partition coefficient (Wildman–Crippen LogP) is 2.71. The second-order valence-corrected chi connectivity index (χ2v) is 5.60. The van der Waals surface area contributed by atoms with Gasteiger partial charge < -0.3 is 5.73 Å². The van der Waals surface area contributed by atoms with Crippen molar-refractivity contribution in [3.05, 3.63) is 15.9 Å². The summed E-state index contributed by atoms with van der Waals surface area (Å²) in [6.45, 7) is 7.56. The Labute approximate surface area is 123 Å². The molecule has 0 spiro atoms. The van der Waals surface area contributed by atoms with Crippen LogP contribution >= 0.6 is 15.9 Å². The number of carbonyl (C=O) groups excluding carboxylic acids is 1. The van der Waals surface area contributed by atoms with Crippen LogP contribution in [0.3, 0.4) is 0 Å². The highest BCUT2D eigenvalue weighted by molar-refractivity contribution is 9.10. The summed E-state index contributed by atoms with van der Waals surface area (Å²) >= 11 is 3.57. The Morgan fingerprint density at radius 3 is 2.58 bits per heavy atom. The summed E-state index contributed by atoms with van der Waals surface area (Å²) in [4.78, 5) is 12.1. The molecule has 19 heavy (non-hydrogen) atoms. The highest BCUT2D eigenvalue weighted by Gasteiger charge is 2.18. The van der Waals surface area contributed by atoms with Crippen LogP contribution in [0.4, 0.5) is 0 Å². The van der Waals surface area contributed by atoms with Crippen molar-refractivity contribution in [2.45, 2.75) is 53.0 Å². The molecule has 0 saturated carbocycles. The van der Waals surface area contributed by atoms with Gasteiger partial charge in [0, 0.05) is 19.4 Å². The van der Waals surface area contributed by atoms with Gasteiger partial charge in [0.15, 0.2) is 0 Å². The van der Waals surface area contributed by atoms with Gasteiger partial charge in [0.2, 0.25) is 0 Å². The Kier molecular flexibility index (Phi) is 6.72. The van der Waals surface area contributed by atoms with Crippen LogP contribution in [0.1, 0.15) is 45.0 Å². The summed E-state index contributed by atoms with van der Waals surface area (Å²) < 4.78 is 2.91. The number of Topliss-reactive ketones (excluding diaryl/α,β-unsaturated/α-hetero) is 1. The number of ketones is 1. The Balaban J connectivity index is 2.81. The Morgan fingerprint density at radius 2 is 2.11 bits per heavy atom. The number of nitrogens with zero attached hydrogens (tertiary/aromatic N) is 2. The van der Waals surface area contributed by atoms with Gasteiger partial charge in [0.25, 0.3) is 0 Å². The smallest absolute Gasteiger partial charge is 0.139 e. The second-order valence-electron chi connectivity index (χ2n) is 4.81. The molecule has 2 N–H and O–H groups in total. The molecule has 5 heteroatoms. The van der Waals surface area contributed by atoms with E-state index >= 15 is 0 Å². The maximum absolute atomic E-state index is 12.1. The molecule has 0 aliphatic rings. The van der Waals surface area contributed by atoms with Gasteiger partial charge in [-0.25, -0.2) is 0 Å². The van der Waals surface area contributed by atoms with Crippen molar-refractivity contribution in [1.82, 2.24) is 9.78 Å². The first-order chi connectivity index (χ1) is 9.07. The Hall–Kier alpha value is -0.680. The molecule has 1 heterocycles. The molecule has 0 amide bonds. The van der Waals surface area contributed by atoms with E-state index in [1.54, 1.807) is 0 Å². The van der Waals surface area contributed by atoms with Gasteiger partial charge in [-0.1, -0.05) is 20.3 Å². The summed E-state index contributed by atoms with van der Waals surface area (Å²) in [7, 11) is 0. The van der Waals surface area contributed by atoms with E-state index in [2.05, 4.69) is 34.9 Å². The first kappa shape index (κ1) is 16.4. The van der Waals surface area contributed by atoms with Gasteiger partial charge >= 0.3 is 0 Å². The van der Waals surface area contributed by atoms with E-state index in [0.717, 1.165) is 35.2 Å². The SMILES string of the molecule is CCc1nn(CC)c(CC(=O)CC(CC)CN)c1Br. The van der Waals surface area contributed by atoms with Crippen LogP contribution in [0.25, 0.3) is 0 Å². The van der Waals surface area contributed by atoms with Gasteiger partial charge in [-0.2, -0.15) is 5.10 Å². The number of aryl methyl sites for hydroxylation is 2. The van der Waals surface area contributed by atoms with Crippen LogP contribution in [0.5, 0.6) is 0 Å². The van der Waals surface area contributed by atoms with E-state index in [9.17, 15) is 4.79 Å². The van der Waals surface area contributed by atoms with Crippen LogP contribution in [0.2, 0.25) is 0 Å². The molecule has 0 fully saturated rings. The van der Waals surface area contributed by atoms with Gasteiger partial charge in [0.1, 0.15) is 5.78 Å². The number of halogens is 1. The highest BCUT2D eigenvalue weighted by atomic mass is 79.9. The lowest BCUT2D eigenvalue weighted by Crippen LogP contribution is -2.19. The van der Waals surface area contributed by atoms with Crippen molar-refractivity contribution in [3.63, 3.8) is 0 Å². The predicted molar refractivity (Wildman–Crippen MR) is 81.1 cm³/mol. The van der Waals surface area contributed by atoms with Gasteiger partial charge in [-0.05, 0) is 41.7 Å². The third-order valence-corrected chi connectivity index (χ3v) is 4.40. The molecular formula is C14H24BrN3O. The number of carbonyl (C=O) groups is 1. The van der Waals surface area contributed by atoms with Gasteiger partial charge in [0.05, 0.1) is 15.9 Å². The summed E-state index contributed by atoms with van der Waals surface area (Å²) in [5, 5.41) is 4.51. The van der Waals surface area contributed by atoms with E-state index in [-0.39, 0.29) is 5.78 Å². The van der Waals surface area contributed by atoms with E-state index in [4.69, 9.17) is 5.73 Å². The molecule has 4 nitrogen and oxygen atoms in total. The van der Waals surface area contributed by atoms with Crippen molar-refractivity contribution in [2.24, 2.45) is 11.7 Å². The van der Waals surface area contributed by atoms with Crippen LogP contribution in [-0.4, -0.2) is 22.1 Å². The minimum absolute atomic E-state index is 0.246. The fourth-order valence-corrected chi connectivity index (χ4v) is 2.87. The van der Waals surface area contributed by atoms with Crippen LogP contribution in [-0.2, 0) is 24.2 Å². The van der Waals surface area contributed by atoms with Crippen LogP contribution in [0.15, 0.2) is 4.47 Å². The molecule has 0 saturated heterocycles. The topological polar surface area (TPSA) is 60.9 Å². The molecule has 1 aromatic heterocycles. The molecule has 1 rings (SSSR count). The molecule has 0 aliphatic carbocycles. The lowest BCUT2D eigenvalue weighted by molar-refractivity contribution is -0.119. The summed E-state index contributed by atoms with van der Waals surface area (Å²) in [5.41, 5.74) is 7.68. The molecule has 0 aliphatic heterocycles. The van der Waals surface area contributed by atoms with Crippen LogP contribution in [0, 0.1) is 5.92 Å². The zero-order valence-electron chi connectivity index (χ0n) is 12.1. The third-order valence-electron chi connectivity index (χ3n) is 3.49. The first-order valence-corrected chi connectivity index (χ1v) is 7.82. The number of nitrogens with two attached hydrogens (primary N) is 1. The third kappa shape index (κ3) is 4.14. The molecule has 0 radical (unpaired) electrons. The standard InChI is InChI=1S/C14H24BrN3O/c1-4-10(9-16)7-11(19)8-13-14(15)12(5-2)17-18(13)6-3/h10H,4-9,16H2,1-3H3. The van der Waals surface area contributed by atoms with E-state index in [0.29, 0.717) is 25.3 Å². The molecule has 0 aromatic carbocycles. The molecule has 108 valence electrons. The molecular weight excluding hydrogens is 306 g/mol. The highest BCUT2D eigenvalue weighted by Crippen LogP contribution is 2.23. The quantitative estimate of drug-likeness (QED) is 0.797. The summed E-state index contributed by atoms with van der Waals surface area (Å²) in [5.74, 6) is 0.546. The minimum atomic E-state index is 0.246. The minimum Gasteiger partial charge on any atom is -0.330 e. The lowest BCUT2D eigenvalue weighted by Gasteiger charge is -2.11. The number of hydrogen-bond donors (Lipinski definition) is 1. The summed E-state index contributed by atoms with van der Waals surface area (Å²) in [6.07, 6.45) is 2.83. The van der Waals surface area contributed by atoms with Crippen LogP contribution < -0.4 is 5.73 Å². The number of hydrogen-bond acceptors (Lipinski definition) is 3. The monoisotopic (exact) mass is 329 g/mol. The normalized spacial score (nSPS) is 12.7.